The Morgan fingerprint density at radius 2 is 2.00 bits per heavy atom. The van der Waals surface area contributed by atoms with Crippen LogP contribution in [-0.2, 0) is 6.42 Å². The van der Waals surface area contributed by atoms with Gasteiger partial charge in [0, 0.05) is 37.9 Å². The molecule has 2 aromatic rings. The largest absolute Gasteiger partial charge is 0.497 e. The Labute approximate surface area is 185 Å². The van der Waals surface area contributed by atoms with Gasteiger partial charge in [0.15, 0.2) is 5.96 Å². The van der Waals surface area contributed by atoms with Crippen LogP contribution in [0.5, 0.6) is 5.75 Å². The molecule has 0 aliphatic carbocycles. The minimum absolute atomic E-state index is 0. The highest BCUT2D eigenvalue weighted by Crippen LogP contribution is 2.19. The normalized spacial score (nSPS) is 16.4. The first-order chi connectivity index (χ1) is 13.3. The molecule has 152 valence electrons. The lowest BCUT2D eigenvalue weighted by Gasteiger charge is -2.20. The van der Waals surface area contributed by atoms with Crippen LogP contribution in [0.1, 0.15) is 18.9 Å². The molecular formula is C22H31IN4O. The molecule has 1 unspecified atom stereocenters. The summed E-state index contributed by atoms with van der Waals surface area (Å²) in [6, 6.07) is 19.2. The zero-order chi connectivity index (χ0) is 18.9. The van der Waals surface area contributed by atoms with Gasteiger partial charge in [0.2, 0.25) is 0 Å². The zero-order valence-electron chi connectivity index (χ0n) is 16.7. The molecule has 1 heterocycles. The van der Waals surface area contributed by atoms with Crippen molar-refractivity contribution in [1.82, 2.24) is 10.6 Å². The van der Waals surface area contributed by atoms with Gasteiger partial charge in [-0.1, -0.05) is 30.3 Å². The van der Waals surface area contributed by atoms with Gasteiger partial charge in [-0.3, -0.25) is 4.99 Å². The van der Waals surface area contributed by atoms with Crippen molar-refractivity contribution >= 4 is 35.6 Å². The van der Waals surface area contributed by atoms with Crippen molar-refractivity contribution in [3.63, 3.8) is 0 Å². The smallest absolute Gasteiger partial charge is 0.191 e. The highest BCUT2D eigenvalue weighted by Gasteiger charge is 2.23. The fourth-order valence-corrected chi connectivity index (χ4v) is 3.39. The molecule has 1 aliphatic rings. The van der Waals surface area contributed by atoms with E-state index in [2.05, 4.69) is 64.9 Å². The van der Waals surface area contributed by atoms with Crippen LogP contribution in [0.2, 0.25) is 0 Å². The number of benzene rings is 2. The van der Waals surface area contributed by atoms with E-state index in [9.17, 15) is 0 Å². The van der Waals surface area contributed by atoms with Gasteiger partial charge in [-0.05, 0) is 49.6 Å². The summed E-state index contributed by atoms with van der Waals surface area (Å²) in [5.41, 5.74) is 2.53. The van der Waals surface area contributed by atoms with E-state index in [1.165, 1.54) is 11.3 Å². The molecular weight excluding hydrogens is 463 g/mol. The molecule has 0 bridgehead atoms. The summed E-state index contributed by atoms with van der Waals surface area (Å²) >= 11 is 0. The average molecular weight is 494 g/mol. The van der Waals surface area contributed by atoms with Crippen molar-refractivity contribution in [1.29, 1.82) is 0 Å². The lowest BCUT2D eigenvalue weighted by molar-refractivity contribution is 0.414. The van der Waals surface area contributed by atoms with Crippen molar-refractivity contribution in [3.05, 3.63) is 60.2 Å². The summed E-state index contributed by atoms with van der Waals surface area (Å²) < 4.78 is 5.29. The van der Waals surface area contributed by atoms with E-state index in [-0.39, 0.29) is 24.0 Å². The second-order valence-corrected chi connectivity index (χ2v) is 6.77. The van der Waals surface area contributed by atoms with Crippen molar-refractivity contribution in [3.8, 4) is 5.75 Å². The number of aliphatic imine (C=N–C) groups is 1. The number of halogens is 1. The van der Waals surface area contributed by atoms with Crippen molar-refractivity contribution in [2.24, 2.45) is 4.99 Å². The minimum Gasteiger partial charge on any atom is -0.497 e. The number of nitrogens with zero attached hydrogens (tertiary/aromatic N) is 2. The lowest BCUT2D eigenvalue weighted by Crippen LogP contribution is -2.44. The highest BCUT2D eigenvalue weighted by molar-refractivity contribution is 14.0. The van der Waals surface area contributed by atoms with E-state index in [0.29, 0.717) is 6.04 Å². The molecule has 1 aliphatic heterocycles. The second-order valence-electron chi connectivity index (χ2n) is 6.77. The molecule has 5 nitrogen and oxygen atoms in total. The molecule has 1 saturated heterocycles. The summed E-state index contributed by atoms with van der Waals surface area (Å²) in [6.07, 6.45) is 2.02. The molecule has 2 aromatic carbocycles. The summed E-state index contributed by atoms with van der Waals surface area (Å²) in [5, 5.41) is 6.97. The highest BCUT2D eigenvalue weighted by atomic mass is 127. The van der Waals surface area contributed by atoms with Gasteiger partial charge in [-0.25, -0.2) is 0 Å². The monoisotopic (exact) mass is 494 g/mol. The van der Waals surface area contributed by atoms with Crippen molar-refractivity contribution < 1.29 is 4.74 Å². The molecule has 6 heteroatoms. The first-order valence-corrected chi connectivity index (χ1v) is 9.76. The van der Waals surface area contributed by atoms with Gasteiger partial charge in [-0.15, -0.1) is 24.0 Å². The number of methoxy groups -OCH3 is 1. The molecule has 3 rings (SSSR count). The lowest BCUT2D eigenvalue weighted by atomic mass is 10.1. The Balaban J connectivity index is 0.00000280. The van der Waals surface area contributed by atoms with Crippen LogP contribution in [-0.4, -0.2) is 45.3 Å². The van der Waals surface area contributed by atoms with Crippen molar-refractivity contribution in [2.75, 3.05) is 38.2 Å². The van der Waals surface area contributed by atoms with Gasteiger partial charge in [0.05, 0.1) is 7.11 Å². The maximum absolute atomic E-state index is 5.29. The van der Waals surface area contributed by atoms with Crippen LogP contribution in [0, 0.1) is 0 Å². The predicted octanol–water partition coefficient (Wildman–Crippen LogP) is 3.69. The molecule has 0 amide bonds. The van der Waals surface area contributed by atoms with Crippen LogP contribution in [0.15, 0.2) is 59.6 Å². The third-order valence-electron chi connectivity index (χ3n) is 4.80. The Hall–Kier alpha value is -1.96. The summed E-state index contributed by atoms with van der Waals surface area (Å²) in [5.74, 6) is 1.80. The van der Waals surface area contributed by atoms with E-state index in [0.717, 1.165) is 50.7 Å². The van der Waals surface area contributed by atoms with Gasteiger partial charge in [0.25, 0.3) is 0 Å². The van der Waals surface area contributed by atoms with E-state index >= 15 is 0 Å². The Morgan fingerprint density at radius 1 is 1.18 bits per heavy atom. The molecule has 1 atom stereocenters. The van der Waals surface area contributed by atoms with Crippen LogP contribution in [0.3, 0.4) is 0 Å². The Morgan fingerprint density at radius 3 is 2.75 bits per heavy atom. The number of rotatable bonds is 7. The Bertz CT molecular complexity index is 738. The fourth-order valence-electron chi connectivity index (χ4n) is 3.39. The summed E-state index contributed by atoms with van der Waals surface area (Å²) in [4.78, 5) is 7.19. The van der Waals surface area contributed by atoms with E-state index in [1.807, 2.05) is 12.1 Å². The SMILES string of the molecule is CCNC(=NCCc1cccc(OC)c1)NC1CCN(c2ccccc2)C1.I. The maximum Gasteiger partial charge on any atom is 0.191 e. The number of para-hydroxylation sites is 1. The van der Waals surface area contributed by atoms with E-state index in [1.54, 1.807) is 7.11 Å². The van der Waals surface area contributed by atoms with Gasteiger partial charge in [0.1, 0.15) is 5.75 Å². The Kier molecular flexibility index (Phi) is 9.40. The number of nitrogens with one attached hydrogen (secondary N) is 2. The average Bonchev–Trinajstić information content (AvgIpc) is 3.17. The first-order valence-electron chi connectivity index (χ1n) is 9.76. The third-order valence-corrected chi connectivity index (χ3v) is 4.80. The number of hydrogen-bond acceptors (Lipinski definition) is 3. The molecule has 2 N–H and O–H groups in total. The summed E-state index contributed by atoms with van der Waals surface area (Å²) in [7, 11) is 1.70. The van der Waals surface area contributed by atoms with Crippen LogP contribution in [0.4, 0.5) is 5.69 Å². The molecule has 28 heavy (non-hydrogen) atoms. The molecule has 0 aromatic heterocycles. The van der Waals surface area contributed by atoms with Crippen LogP contribution in [0.25, 0.3) is 0 Å². The summed E-state index contributed by atoms with van der Waals surface area (Å²) in [6.45, 7) is 5.79. The number of guanidine groups is 1. The van der Waals surface area contributed by atoms with E-state index < -0.39 is 0 Å². The van der Waals surface area contributed by atoms with Crippen molar-refractivity contribution in [2.45, 2.75) is 25.8 Å². The zero-order valence-corrected chi connectivity index (χ0v) is 19.1. The minimum atomic E-state index is 0. The molecule has 0 spiro atoms. The number of ether oxygens (including phenoxy) is 1. The molecule has 0 saturated carbocycles. The predicted molar refractivity (Wildman–Crippen MR) is 128 cm³/mol. The van der Waals surface area contributed by atoms with Gasteiger partial charge in [-0.2, -0.15) is 0 Å². The number of anilines is 1. The molecule has 0 radical (unpaired) electrons. The quantitative estimate of drug-likeness (QED) is 0.350. The molecule has 1 fully saturated rings. The third kappa shape index (κ3) is 6.58. The van der Waals surface area contributed by atoms with Gasteiger partial charge < -0.3 is 20.3 Å². The number of hydrogen-bond donors (Lipinski definition) is 2. The second kappa shape index (κ2) is 11.8. The van der Waals surface area contributed by atoms with Crippen LogP contribution >= 0.6 is 24.0 Å². The standard InChI is InChI=1S/C22H30N4O.HI/c1-3-23-22(24-14-12-18-8-7-11-21(16-18)27-2)25-19-13-15-26(17-19)20-9-5-4-6-10-20;/h4-11,16,19H,3,12-15,17H2,1-2H3,(H2,23,24,25);1H. The first kappa shape index (κ1) is 22.3. The maximum atomic E-state index is 5.29. The fraction of sp³-hybridized carbons (Fsp3) is 0.409. The van der Waals surface area contributed by atoms with Crippen LogP contribution < -0.4 is 20.3 Å². The van der Waals surface area contributed by atoms with E-state index in [4.69, 9.17) is 9.73 Å². The van der Waals surface area contributed by atoms with Gasteiger partial charge >= 0.3 is 0 Å². The topological polar surface area (TPSA) is 48.9 Å².